The summed E-state index contributed by atoms with van der Waals surface area (Å²) in [6.07, 6.45) is 2.31. The first-order valence-electron chi connectivity index (χ1n) is 10.0. The maximum Gasteiger partial charge on any atom is 0.234 e. The second-order valence-corrected chi connectivity index (χ2v) is 7.67. The van der Waals surface area contributed by atoms with Crippen LogP contribution in [0.25, 0.3) is 0 Å². The third kappa shape index (κ3) is 4.39. The Balaban J connectivity index is 1.28. The van der Waals surface area contributed by atoms with Gasteiger partial charge in [0.1, 0.15) is 0 Å². The predicted molar refractivity (Wildman–Crippen MR) is 105 cm³/mol. The molecule has 27 heavy (non-hydrogen) atoms. The van der Waals surface area contributed by atoms with E-state index in [1.807, 2.05) is 0 Å². The highest BCUT2D eigenvalue weighted by molar-refractivity contribution is 5.78. The number of aryl methyl sites for hydroxylation is 1. The number of nitrogens with zero attached hydrogens (tertiary/aromatic N) is 4. The third-order valence-electron chi connectivity index (χ3n) is 5.42. The van der Waals surface area contributed by atoms with E-state index in [1.54, 1.807) is 0 Å². The van der Waals surface area contributed by atoms with Crippen molar-refractivity contribution < 1.29 is 4.79 Å². The van der Waals surface area contributed by atoms with Gasteiger partial charge < -0.3 is 5.32 Å². The minimum Gasteiger partial charge on any atom is -0.349 e. The Kier molecular flexibility index (Phi) is 5.55. The topological polar surface area (TPSA) is 53.4 Å². The van der Waals surface area contributed by atoms with Crippen LogP contribution in [0.4, 0.5) is 0 Å². The lowest BCUT2D eigenvalue weighted by atomic mass is 10.1. The van der Waals surface area contributed by atoms with Gasteiger partial charge in [0, 0.05) is 32.7 Å². The maximum atomic E-state index is 12.4. The van der Waals surface area contributed by atoms with Crippen molar-refractivity contribution in [3.05, 3.63) is 52.8 Å². The molecular weight excluding hydrogens is 338 g/mol. The van der Waals surface area contributed by atoms with E-state index >= 15 is 0 Å². The number of nitrogens with one attached hydrogen (secondary N) is 1. The highest BCUT2D eigenvalue weighted by atomic mass is 16.2. The molecule has 6 nitrogen and oxygen atoms in total. The second-order valence-electron chi connectivity index (χ2n) is 7.67. The lowest BCUT2D eigenvalue weighted by molar-refractivity contribution is -0.122. The van der Waals surface area contributed by atoms with Crippen molar-refractivity contribution in [2.24, 2.45) is 0 Å². The SMILES string of the molecule is CCCN1CCCn2nc(CNC(=O)CN3Cc4ccccc4C3)cc2C1. The molecule has 0 saturated carbocycles. The zero-order valence-corrected chi connectivity index (χ0v) is 16.2. The molecule has 0 atom stereocenters. The van der Waals surface area contributed by atoms with Crippen LogP contribution in [0.3, 0.4) is 0 Å². The highest BCUT2D eigenvalue weighted by Crippen LogP contribution is 2.21. The minimum atomic E-state index is 0.0682. The summed E-state index contributed by atoms with van der Waals surface area (Å²) in [5, 5.41) is 7.75. The first-order valence-corrected chi connectivity index (χ1v) is 10.0. The molecule has 0 saturated heterocycles. The van der Waals surface area contributed by atoms with Crippen LogP contribution in [0, 0.1) is 0 Å². The van der Waals surface area contributed by atoms with Crippen molar-refractivity contribution in [1.82, 2.24) is 24.9 Å². The molecule has 2 aliphatic heterocycles. The van der Waals surface area contributed by atoms with E-state index in [2.05, 4.69) is 57.1 Å². The average Bonchev–Trinajstić information content (AvgIpc) is 3.18. The van der Waals surface area contributed by atoms with E-state index in [4.69, 9.17) is 5.10 Å². The lowest BCUT2D eigenvalue weighted by Gasteiger charge is -2.17. The molecule has 1 aromatic carbocycles. The Morgan fingerprint density at radius 2 is 1.89 bits per heavy atom. The van der Waals surface area contributed by atoms with Crippen molar-refractivity contribution in [2.45, 2.75) is 52.5 Å². The van der Waals surface area contributed by atoms with Gasteiger partial charge in [0.15, 0.2) is 0 Å². The first-order chi connectivity index (χ1) is 13.2. The van der Waals surface area contributed by atoms with Crippen LogP contribution in [-0.2, 0) is 37.5 Å². The fourth-order valence-electron chi connectivity index (χ4n) is 4.15. The number of carbonyl (C=O) groups is 1. The summed E-state index contributed by atoms with van der Waals surface area (Å²) in [4.78, 5) is 17.0. The quantitative estimate of drug-likeness (QED) is 0.850. The molecule has 144 valence electrons. The third-order valence-corrected chi connectivity index (χ3v) is 5.42. The summed E-state index contributed by atoms with van der Waals surface area (Å²) in [5.41, 5.74) is 4.89. The Bertz CT molecular complexity index is 775. The van der Waals surface area contributed by atoms with Crippen molar-refractivity contribution >= 4 is 5.91 Å². The summed E-state index contributed by atoms with van der Waals surface area (Å²) >= 11 is 0. The summed E-state index contributed by atoms with van der Waals surface area (Å²) in [7, 11) is 0. The van der Waals surface area contributed by atoms with Crippen LogP contribution in [0.2, 0.25) is 0 Å². The van der Waals surface area contributed by atoms with Gasteiger partial charge in [0.25, 0.3) is 0 Å². The number of carbonyl (C=O) groups excluding carboxylic acids is 1. The summed E-state index contributed by atoms with van der Waals surface area (Å²) in [6.45, 7) is 9.08. The van der Waals surface area contributed by atoms with Gasteiger partial charge in [-0.15, -0.1) is 0 Å². The van der Waals surface area contributed by atoms with Gasteiger partial charge in [-0.05, 0) is 36.6 Å². The number of fused-ring (bicyclic) bond motifs is 2. The monoisotopic (exact) mass is 367 g/mol. The Hall–Kier alpha value is -2.18. The Morgan fingerprint density at radius 3 is 2.63 bits per heavy atom. The fraction of sp³-hybridized carbons (Fsp3) is 0.524. The van der Waals surface area contributed by atoms with E-state index < -0.39 is 0 Å². The molecule has 1 N–H and O–H groups in total. The molecule has 1 aromatic heterocycles. The molecule has 3 heterocycles. The molecule has 0 aliphatic carbocycles. The van der Waals surface area contributed by atoms with Gasteiger partial charge in [-0.2, -0.15) is 5.10 Å². The van der Waals surface area contributed by atoms with Crippen LogP contribution in [0.1, 0.15) is 42.3 Å². The molecular formula is C21H29N5O. The molecule has 0 spiro atoms. The lowest BCUT2D eigenvalue weighted by Crippen LogP contribution is -2.34. The van der Waals surface area contributed by atoms with Crippen molar-refractivity contribution in [3.8, 4) is 0 Å². The summed E-state index contributed by atoms with van der Waals surface area (Å²) < 4.78 is 2.12. The Labute approximate surface area is 161 Å². The van der Waals surface area contributed by atoms with Gasteiger partial charge >= 0.3 is 0 Å². The summed E-state index contributed by atoms with van der Waals surface area (Å²) in [6, 6.07) is 10.6. The van der Waals surface area contributed by atoms with Crippen LogP contribution in [0.5, 0.6) is 0 Å². The van der Waals surface area contributed by atoms with Crippen LogP contribution in [0.15, 0.2) is 30.3 Å². The molecule has 2 aromatic rings. The normalized spacial score (nSPS) is 17.4. The molecule has 0 fully saturated rings. The van der Waals surface area contributed by atoms with Gasteiger partial charge in [-0.25, -0.2) is 0 Å². The molecule has 6 heteroatoms. The smallest absolute Gasteiger partial charge is 0.234 e. The van der Waals surface area contributed by atoms with Gasteiger partial charge in [-0.3, -0.25) is 19.3 Å². The van der Waals surface area contributed by atoms with Gasteiger partial charge in [0.05, 0.1) is 24.5 Å². The number of rotatable bonds is 6. The van der Waals surface area contributed by atoms with E-state index in [9.17, 15) is 4.79 Å². The Morgan fingerprint density at radius 1 is 1.11 bits per heavy atom. The molecule has 1 amide bonds. The molecule has 4 rings (SSSR count). The average molecular weight is 367 g/mol. The number of benzene rings is 1. The van der Waals surface area contributed by atoms with Crippen LogP contribution >= 0.6 is 0 Å². The van der Waals surface area contributed by atoms with E-state index in [0.717, 1.165) is 51.4 Å². The number of hydrogen-bond donors (Lipinski definition) is 1. The van der Waals surface area contributed by atoms with E-state index in [1.165, 1.54) is 23.2 Å². The predicted octanol–water partition coefficient (Wildman–Crippen LogP) is 2.13. The standard InChI is InChI=1S/C21H29N5O/c1-2-8-24-9-5-10-26-20(15-24)11-19(23-26)12-22-21(27)16-25-13-17-6-3-4-7-18(17)14-25/h3-4,6-7,11H,2,5,8-10,12-16H2,1H3,(H,22,27). The summed E-state index contributed by atoms with van der Waals surface area (Å²) in [5.74, 6) is 0.0682. The zero-order valence-electron chi connectivity index (χ0n) is 16.2. The largest absolute Gasteiger partial charge is 0.349 e. The molecule has 2 aliphatic rings. The van der Waals surface area contributed by atoms with E-state index in [0.29, 0.717) is 13.1 Å². The molecule has 0 bridgehead atoms. The van der Waals surface area contributed by atoms with Crippen LogP contribution < -0.4 is 5.32 Å². The number of amides is 1. The van der Waals surface area contributed by atoms with Crippen LogP contribution in [-0.4, -0.2) is 45.1 Å². The fourth-order valence-corrected chi connectivity index (χ4v) is 4.15. The highest BCUT2D eigenvalue weighted by Gasteiger charge is 2.21. The zero-order chi connectivity index (χ0) is 18.6. The number of hydrogen-bond acceptors (Lipinski definition) is 4. The van der Waals surface area contributed by atoms with Crippen molar-refractivity contribution in [3.63, 3.8) is 0 Å². The second kappa shape index (κ2) is 8.23. The maximum absolute atomic E-state index is 12.4. The first kappa shape index (κ1) is 18.2. The van der Waals surface area contributed by atoms with Crippen molar-refractivity contribution in [2.75, 3.05) is 19.6 Å². The van der Waals surface area contributed by atoms with Gasteiger partial charge in [0.2, 0.25) is 5.91 Å². The minimum absolute atomic E-state index is 0.0682. The van der Waals surface area contributed by atoms with Gasteiger partial charge in [-0.1, -0.05) is 31.2 Å². The van der Waals surface area contributed by atoms with Crippen molar-refractivity contribution in [1.29, 1.82) is 0 Å². The molecule has 0 unspecified atom stereocenters. The van der Waals surface area contributed by atoms with E-state index in [-0.39, 0.29) is 5.91 Å². The molecule has 0 radical (unpaired) electrons. The number of aromatic nitrogens is 2.